The minimum Gasteiger partial charge on any atom is -0.336 e. The summed E-state index contributed by atoms with van der Waals surface area (Å²) in [6.45, 7) is 7.62. The predicted molar refractivity (Wildman–Crippen MR) is 77.7 cm³/mol. The van der Waals surface area contributed by atoms with Crippen LogP contribution in [0.5, 0.6) is 0 Å². The molecule has 1 aliphatic rings. The van der Waals surface area contributed by atoms with Crippen LogP contribution in [0.4, 0.5) is 0 Å². The molecule has 1 aromatic carbocycles. The number of hydrogen-bond donors (Lipinski definition) is 0. The summed E-state index contributed by atoms with van der Waals surface area (Å²) >= 11 is 0. The first-order valence-electron chi connectivity index (χ1n) is 6.90. The summed E-state index contributed by atoms with van der Waals surface area (Å²) in [4.78, 5) is 16.2. The maximum atomic E-state index is 11.8. The van der Waals surface area contributed by atoms with Gasteiger partial charge in [0.2, 0.25) is 5.91 Å². The first-order valence-corrected chi connectivity index (χ1v) is 6.90. The molecule has 0 aliphatic carbocycles. The van der Waals surface area contributed by atoms with E-state index in [0.717, 1.165) is 26.2 Å². The second-order valence-corrected chi connectivity index (χ2v) is 5.09. The molecule has 2 rings (SSSR count). The van der Waals surface area contributed by atoms with E-state index in [1.54, 1.807) is 6.08 Å². The van der Waals surface area contributed by atoms with Gasteiger partial charge in [-0.2, -0.15) is 0 Å². The number of nitrogens with zero attached hydrogens (tertiary/aromatic N) is 2. The molecule has 1 aromatic rings. The van der Waals surface area contributed by atoms with Crippen molar-refractivity contribution >= 4 is 5.91 Å². The summed E-state index contributed by atoms with van der Waals surface area (Å²) in [7, 11) is 0. The molecule has 0 spiro atoms. The molecule has 3 nitrogen and oxygen atoms in total. The number of hydrogen-bond acceptors (Lipinski definition) is 2. The van der Waals surface area contributed by atoms with Crippen LogP contribution in [0.2, 0.25) is 0 Å². The van der Waals surface area contributed by atoms with Crippen LogP contribution in [0.1, 0.15) is 19.4 Å². The standard InChI is InChI=1S/C16H22N2O/c1-3-7-16(19)18-11-10-17(14(2)12-18)13-15-8-5-4-6-9-15/h3-9,14H,10-13H2,1-2H3/b7-3+. The Morgan fingerprint density at radius 1 is 1.32 bits per heavy atom. The molecule has 1 heterocycles. The van der Waals surface area contributed by atoms with Crippen LogP contribution >= 0.6 is 0 Å². The Morgan fingerprint density at radius 3 is 2.68 bits per heavy atom. The van der Waals surface area contributed by atoms with E-state index in [4.69, 9.17) is 0 Å². The fourth-order valence-electron chi connectivity index (χ4n) is 2.50. The molecular formula is C16H22N2O. The highest BCUT2D eigenvalue weighted by atomic mass is 16.2. The Hall–Kier alpha value is -1.61. The predicted octanol–water partition coefficient (Wildman–Crippen LogP) is 2.30. The second-order valence-electron chi connectivity index (χ2n) is 5.09. The lowest BCUT2D eigenvalue weighted by Gasteiger charge is -2.39. The zero-order valence-electron chi connectivity index (χ0n) is 11.7. The average Bonchev–Trinajstić information content (AvgIpc) is 2.42. The normalized spacial score (nSPS) is 20.9. The lowest BCUT2D eigenvalue weighted by molar-refractivity contribution is -0.128. The van der Waals surface area contributed by atoms with Crippen LogP contribution in [-0.2, 0) is 11.3 Å². The van der Waals surface area contributed by atoms with Gasteiger partial charge in [-0.1, -0.05) is 36.4 Å². The highest BCUT2D eigenvalue weighted by Crippen LogP contribution is 2.14. The lowest BCUT2D eigenvalue weighted by Crippen LogP contribution is -2.52. The van der Waals surface area contributed by atoms with E-state index in [1.165, 1.54) is 5.56 Å². The molecule has 1 amide bonds. The average molecular weight is 258 g/mol. The number of amides is 1. The molecule has 0 aromatic heterocycles. The topological polar surface area (TPSA) is 23.6 Å². The van der Waals surface area contributed by atoms with Crippen LogP contribution in [0.15, 0.2) is 42.5 Å². The highest BCUT2D eigenvalue weighted by Gasteiger charge is 2.25. The molecule has 1 saturated heterocycles. The largest absolute Gasteiger partial charge is 0.336 e. The van der Waals surface area contributed by atoms with Gasteiger partial charge in [0.25, 0.3) is 0 Å². The van der Waals surface area contributed by atoms with Crippen molar-refractivity contribution < 1.29 is 4.79 Å². The summed E-state index contributed by atoms with van der Waals surface area (Å²) in [6, 6.07) is 10.9. The number of benzene rings is 1. The molecule has 102 valence electrons. The van der Waals surface area contributed by atoms with Crippen molar-refractivity contribution in [3.8, 4) is 0 Å². The van der Waals surface area contributed by atoms with Crippen molar-refractivity contribution in [2.45, 2.75) is 26.4 Å². The molecule has 19 heavy (non-hydrogen) atoms. The Kier molecular flexibility index (Phi) is 4.74. The third kappa shape index (κ3) is 3.67. The molecule has 1 unspecified atom stereocenters. The summed E-state index contributed by atoms with van der Waals surface area (Å²) in [5.41, 5.74) is 1.34. The smallest absolute Gasteiger partial charge is 0.246 e. The monoisotopic (exact) mass is 258 g/mol. The Bertz CT molecular complexity index is 441. The van der Waals surface area contributed by atoms with Crippen LogP contribution in [-0.4, -0.2) is 41.4 Å². The van der Waals surface area contributed by atoms with Crippen molar-refractivity contribution in [1.29, 1.82) is 0 Å². The van der Waals surface area contributed by atoms with E-state index in [9.17, 15) is 4.79 Å². The van der Waals surface area contributed by atoms with Crippen molar-refractivity contribution in [2.75, 3.05) is 19.6 Å². The van der Waals surface area contributed by atoms with Crippen LogP contribution < -0.4 is 0 Å². The zero-order valence-corrected chi connectivity index (χ0v) is 11.7. The van der Waals surface area contributed by atoms with Crippen LogP contribution in [0.25, 0.3) is 0 Å². The van der Waals surface area contributed by atoms with E-state index in [0.29, 0.717) is 6.04 Å². The first-order chi connectivity index (χ1) is 9.20. The molecule has 0 radical (unpaired) electrons. The van der Waals surface area contributed by atoms with E-state index >= 15 is 0 Å². The summed E-state index contributed by atoms with van der Waals surface area (Å²) < 4.78 is 0. The SMILES string of the molecule is C/C=C/C(=O)N1CCN(Cc2ccccc2)C(C)C1. The number of carbonyl (C=O) groups is 1. The third-order valence-corrected chi connectivity index (χ3v) is 3.61. The molecule has 1 fully saturated rings. The minimum atomic E-state index is 0.133. The first kappa shape index (κ1) is 13.8. The van der Waals surface area contributed by atoms with Gasteiger partial charge in [-0.25, -0.2) is 0 Å². The quantitative estimate of drug-likeness (QED) is 0.777. The minimum absolute atomic E-state index is 0.133. The number of rotatable bonds is 3. The maximum absolute atomic E-state index is 11.8. The van der Waals surface area contributed by atoms with Gasteiger partial charge in [0.1, 0.15) is 0 Å². The molecule has 3 heteroatoms. The van der Waals surface area contributed by atoms with Gasteiger partial charge in [-0.15, -0.1) is 0 Å². The van der Waals surface area contributed by atoms with Gasteiger partial charge in [0.15, 0.2) is 0 Å². The van der Waals surface area contributed by atoms with Crippen molar-refractivity contribution in [1.82, 2.24) is 9.80 Å². The number of piperazine rings is 1. The van der Waals surface area contributed by atoms with Crippen molar-refractivity contribution in [3.63, 3.8) is 0 Å². The second kappa shape index (κ2) is 6.53. The maximum Gasteiger partial charge on any atom is 0.246 e. The Morgan fingerprint density at radius 2 is 2.05 bits per heavy atom. The van der Waals surface area contributed by atoms with Gasteiger partial charge >= 0.3 is 0 Å². The Balaban J connectivity index is 1.92. The van der Waals surface area contributed by atoms with E-state index in [-0.39, 0.29) is 5.91 Å². The molecular weight excluding hydrogens is 236 g/mol. The number of allylic oxidation sites excluding steroid dienone is 1. The van der Waals surface area contributed by atoms with Gasteiger partial charge in [0, 0.05) is 32.2 Å². The fraction of sp³-hybridized carbons (Fsp3) is 0.438. The summed E-state index contributed by atoms with van der Waals surface area (Å²) in [5.74, 6) is 0.133. The number of carbonyl (C=O) groups excluding carboxylic acids is 1. The van der Waals surface area contributed by atoms with Gasteiger partial charge in [-0.3, -0.25) is 9.69 Å². The van der Waals surface area contributed by atoms with Crippen molar-refractivity contribution in [3.05, 3.63) is 48.0 Å². The van der Waals surface area contributed by atoms with Gasteiger partial charge in [0.05, 0.1) is 0 Å². The summed E-state index contributed by atoms with van der Waals surface area (Å²) in [5, 5.41) is 0. The van der Waals surface area contributed by atoms with E-state index < -0.39 is 0 Å². The van der Waals surface area contributed by atoms with Gasteiger partial charge in [-0.05, 0) is 25.5 Å². The van der Waals surface area contributed by atoms with E-state index in [2.05, 4.69) is 36.1 Å². The highest BCUT2D eigenvalue weighted by molar-refractivity contribution is 5.87. The fourth-order valence-corrected chi connectivity index (χ4v) is 2.50. The van der Waals surface area contributed by atoms with Gasteiger partial charge < -0.3 is 4.90 Å². The summed E-state index contributed by atoms with van der Waals surface area (Å²) in [6.07, 6.45) is 3.46. The molecule has 0 saturated carbocycles. The molecule has 0 N–H and O–H groups in total. The van der Waals surface area contributed by atoms with Crippen LogP contribution in [0.3, 0.4) is 0 Å². The zero-order chi connectivity index (χ0) is 13.7. The third-order valence-electron chi connectivity index (χ3n) is 3.61. The molecule has 0 bridgehead atoms. The van der Waals surface area contributed by atoms with Crippen LogP contribution in [0, 0.1) is 0 Å². The van der Waals surface area contributed by atoms with E-state index in [1.807, 2.05) is 24.0 Å². The molecule has 1 atom stereocenters. The molecule has 1 aliphatic heterocycles. The van der Waals surface area contributed by atoms with Crippen molar-refractivity contribution in [2.24, 2.45) is 0 Å². The lowest BCUT2D eigenvalue weighted by atomic mass is 10.1. The Labute approximate surface area is 115 Å².